The van der Waals surface area contributed by atoms with Crippen molar-refractivity contribution in [2.75, 3.05) is 6.61 Å². The first-order valence-electron chi connectivity index (χ1n) is 8.05. The topological polar surface area (TPSA) is 46.6 Å². The molecule has 23 heavy (non-hydrogen) atoms. The van der Waals surface area contributed by atoms with E-state index in [9.17, 15) is 9.59 Å². The van der Waals surface area contributed by atoms with E-state index in [2.05, 4.69) is 15.9 Å². The molecule has 0 aromatic heterocycles. The Balaban J connectivity index is 2.96. The summed E-state index contributed by atoms with van der Waals surface area (Å²) in [7, 11) is 0. The Labute approximate surface area is 147 Å². The summed E-state index contributed by atoms with van der Waals surface area (Å²) in [5, 5.41) is 0. The van der Waals surface area contributed by atoms with E-state index < -0.39 is 12.1 Å². The molecule has 1 amide bonds. The van der Waals surface area contributed by atoms with Gasteiger partial charge in [-0.2, -0.15) is 0 Å². The molecule has 0 saturated carbocycles. The number of nitrogens with zero attached hydrogens (tertiary/aromatic N) is 1. The number of halogens is 1. The van der Waals surface area contributed by atoms with Crippen LogP contribution in [0.4, 0.5) is 4.79 Å². The van der Waals surface area contributed by atoms with Crippen molar-refractivity contribution in [1.82, 2.24) is 4.90 Å². The number of hydrogen-bond donors (Lipinski definition) is 0. The lowest BCUT2D eigenvalue weighted by molar-refractivity contribution is -0.123. The van der Waals surface area contributed by atoms with Gasteiger partial charge in [-0.15, -0.1) is 0 Å². The molecule has 0 heterocycles. The summed E-state index contributed by atoms with van der Waals surface area (Å²) in [4.78, 5) is 26.1. The minimum Gasteiger partial charge on any atom is -0.449 e. The number of ketones is 1. The summed E-state index contributed by atoms with van der Waals surface area (Å²) in [6.45, 7) is 8.20. The third kappa shape index (κ3) is 6.34. The van der Waals surface area contributed by atoms with Gasteiger partial charge in [-0.3, -0.25) is 9.69 Å². The lowest BCUT2D eigenvalue weighted by Crippen LogP contribution is -2.47. The molecule has 0 saturated heterocycles. The van der Waals surface area contributed by atoms with Gasteiger partial charge in [0.05, 0.1) is 12.6 Å². The molecular formula is C18H26BrNO3. The van der Waals surface area contributed by atoms with Crippen LogP contribution >= 0.6 is 15.9 Å². The monoisotopic (exact) mass is 383 g/mol. The van der Waals surface area contributed by atoms with E-state index in [-0.39, 0.29) is 11.7 Å². The molecule has 128 valence electrons. The van der Waals surface area contributed by atoms with Crippen LogP contribution in [0.15, 0.2) is 28.7 Å². The fourth-order valence-corrected chi connectivity index (χ4v) is 2.76. The molecule has 1 aromatic carbocycles. The Morgan fingerprint density at radius 2 is 1.83 bits per heavy atom. The minimum atomic E-state index is -0.479. The van der Waals surface area contributed by atoms with E-state index in [0.29, 0.717) is 13.2 Å². The van der Waals surface area contributed by atoms with Crippen molar-refractivity contribution in [2.24, 2.45) is 5.92 Å². The average molecular weight is 384 g/mol. The van der Waals surface area contributed by atoms with E-state index in [1.54, 1.807) is 4.90 Å². The molecule has 1 rings (SSSR count). The van der Waals surface area contributed by atoms with Crippen LogP contribution in [0, 0.1) is 5.92 Å². The molecule has 0 unspecified atom stereocenters. The summed E-state index contributed by atoms with van der Waals surface area (Å²) in [6, 6.07) is 7.25. The Morgan fingerprint density at radius 1 is 1.22 bits per heavy atom. The smallest absolute Gasteiger partial charge is 0.410 e. The summed E-state index contributed by atoms with van der Waals surface area (Å²) in [5.41, 5.74) is 0.965. The van der Waals surface area contributed by atoms with Crippen LogP contribution in [0.3, 0.4) is 0 Å². The predicted molar refractivity (Wildman–Crippen MR) is 95.2 cm³/mol. The Morgan fingerprint density at radius 3 is 2.30 bits per heavy atom. The van der Waals surface area contributed by atoms with Crippen LogP contribution in [-0.4, -0.2) is 29.4 Å². The van der Waals surface area contributed by atoms with E-state index in [0.717, 1.165) is 22.9 Å². The highest BCUT2D eigenvalue weighted by atomic mass is 79.9. The molecule has 0 spiro atoms. The fourth-order valence-electron chi connectivity index (χ4n) is 2.50. The Bertz CT molecular complexity index is 514. The maximum Gasteiger partial charge on any atom is 0.410 e. The van der Waals surface area contributed by atoms with Crippen LogP contribution in [0.1, 0.15) is 46.1 Å². The van der Waals surface area contributed by atoms with Gasteiger partial charge in [-0.25, -0.2) is 4.79 Å². The molecular weight excluding hydrogens is 358 g/mol. The molecule has 0 fully saturated rings. The molecule has 0 radical (unpaired) electrons. The van der Waals surface area contributed by atoms with Gasteiger partial charge in [-0.05, 0) is 37.0 Å². The highest BCUT2D eigenvalue weighted by Gasteiger charge is 2.31. The van der Waals surface area contributed by atoms with Gasteiger partial charge < -0.3 is 4.74 Å². The van der Waals surface area contributed by atoms with Gasteiger partial charge in [-0.1, -0.05) is 55.3 Å². The number of benzene rings is 1. The largest absolute Gasteiger partial charge is 0.449 e. The third-order valence-corrected chi connectivity index (χ3v) is 4.14. The summed E-state index contributed by atoms with van der Waals surface area (Å²) in [6.07, 6.45) is 1.36. The number of rotatable bonds is 8. The summed E-state index contributed by atoms with van der Waals surface area (Å²) in [5.74, 6) is 0.00577. The van der Waals surface area contributed by atoms with Crippen molar-refractivity contribution in [3.63, 3.8) is 0 Å². The van der Waals surface area contributed by atoms with Crippen LogP contribution in [0.25, 0.3) is 0 Å². The zero-order chi connectivity index (χ0) is 17.4. The van der Waals surface area contributed by atoms with Crippen LogP contribution < -0.4 is 0 Å². The molecule has 5 heteroatoms. The van der Waals surface area contributed by atoms with Crippen LogP contribution in [-0.2, 0) is 16.1 Å². The van der Waals surface area contributed by atoms with Gasteiger partial charge >= 0.3 is 6.09 Å². The number of Topliss-reactive ketones (excluding diaryl/α,β-unsaturated/α-hetero) is 1. The molecule has 1 atom stereocenters. The lowest BCUT2D eigenvalue weighted by atomic mass is 9.98. The summed E-state index contributed by atoms with van der Waals surface area (Å²) >= 11 is 3.40. The highest BCUT2D eigenvalue weighted by Crippen LogP contribution is 2.19. The van der Waals surface area contributed by atoms with Crippen molar-refractivity contribution in [2.45, 2.75) is 53.1 Å². The third-order valence-electron chi connectivity index (χ3n) is 3.61. The zero-order valence-electron chi connectivity index (χ0n) is 14.3. The van der Waals surface area contributed by atoms with E-state index in [1.807, 2.05) is 45.0 Å². The molecule has 0 aliphatic carbocycles. The molecule has 1 aromatic rings. The van der Waals surface area contributed by atoms with Gasteiger partial charge in [0.1, 0.15) is 0 Å². The van der Waals surface area contributed by atoms with E-state index in [1.165, 1.54) is 6.92 Å². The number of hydrogen-bond acceptors (Lipinski definition) is 3. The fraction of sp³-hybridized carbons (Fsp3) is 0.556. The maximum atomic E-state index is 12.5. The number of carbonyl (C=O) groups excluding carboxylic acids is 2. The molecule has 0 N–H and O–H groups in total. The minimum absolute atomic E-state index is 0.0236. The van der Waals surface area contributed by atoms with Crippen LogP contribution in [0.2, 0.25) is 0 Å². The predicted octanol–water partition coefficient (Wildman–Crippen LogP) is 4.80. The van der Waals surface area contributed by atoms with Gasteiger partial charge in [0.25, 0.3) is 0 Å². The lowest BCUT2D eigenvalue weighted by Gasteiger charge is -2.32. The zero-order valence-corrected chi connectivity index (χ0v) is 15.9. The van der Waals surface area contributed by atoms with Gasteiger partial charge in [0.15, 0.2) is 5.78 Å². The maximum absolute atomic E-state index is 12.5. The van der Waals surface area contributed by atoms with Crippen molar-refractivity contribution in [3.05, 3.63) is 34.3 Å². The first-order valence-corrected chi connectivity index (χ1v) is 8.84. The SMILES string of the molecule is CCCCOC(=O)N(Cc1ccc(Br)cc1)[C@H](C(C)=O)C(C)C. The van der Waals surface area contributed by atoms with E-state index in [4.69, 9.17) is 4.74 Å². The van der Waals surface area contributed by atoms with Crippen LogP contribution in [0.5, 0.6) is 0 Å². The van der Waals surface area contributed by atoms with Gasteiger partial charge in [0, 0.05) is 11.0 Å². The molecule has 0 bridgehead atoms. The standard InChI is InChI=1S/C18H26BrNO3/c1-5-6-11-23-18(22)20(17(13(2)3)14(4)21)12-15-7-9-16(19)10-8-15/h7-10,13,17H,5-6,11-12H2,1-4H3/t17-/m0/s1. The Kier molecular flexibility index (Phi) is 8.31. The molecule has 0 aliphatic heterocycles. The van der Waals surface area contributed by atoms with E-state index >= 15 is 0 Å². The second-order valence-corrected chi connectivity index (χ2v) is 6.94. The number of carbonyl (C=O) groups is 2. The average Bonchev–Trinajstić information content (AvgIpc) is 2.48. The second kappa shape index (κ2) is 9.71. The number of ether oxygens (including phenoxy) is 1. The summed E-state index contributed by atoms with van der Waals surface area (Å²) < 4.78 is 6.32. The van der Waals surface area contributed by atoms with Crippen molar-refractivity contribution in [1.29, 1.82) is 0 Å². The number of unbranched alkanes of at least 4 members (excludes halogenated alkanes) is 1. The quantitative estimate of drug-likeness (QED) is 0.605. The normalized spacial score (nSPS) is 12.1. The second-order valence-electron chi connectivity index (χ2n) is 6.02. The molecule has 4 nitrogen and oxygen atoms in total. The van der Waals surface area contributed by atoms with Crippen molar-refractivity contribution in [3.8, 4) is 0 Å². The van der Waals surface area contributed by atoms with Gasteiger partial charge in [0.2, 0.25) is 0 Å². The van der Waals surface area contributed by atoms with Crippen molar-refractivity contribution >= 4 is 27.8 Å². The van der Waals surface area contributed by atoms with Crippen molar-refractivity contribution < 1.29 is 14.3 Å². The molecule has 0 aliphatic rings. The highest BCUT2D eigenvalue weighted by molar-refractivity contribution is 9.10. The first-order chi connectivity index (χ1) is 10.9. The first kappa shape index (κ1) is 19.7. The Hall–Kier alpha value is -1.36. The number of amides is 1.